The summed E-state index contributed by atoms with van der Waals surface area (Å²) >= 11 is 5.80. The molecule has 0 bridgehead atoms. The van der Waals surface area contributed by atoms with Gasteiger partial charge in [-0.2, -0.15) is 4.98 Å². The average molecular weight is 303 g/mol. The van der Waals surface area contributed by atoms with Gasteiger partial charge in [-0.1, -0.05) is 16.8 Å². The van der Waals surface area contributed by atoms with Crippen LogP contribution in [0.5, 0.6) is 5.75 Å². The molecular formula is C14H11ClN4O2. The Labute approximate surface area is 125 Å². The fourth-order valence-electron chi connectivity index (χ4n) is 1.83. The van der Waals surface area contributed by atoms with Crippen LogP contribution in [0.3, 0.4) is 0 Å². The molecule has 6 nitrogen and oxygen atoms in total. The van der Waals surface area contributed by atoms with E-state index in [1.54, 1.807) is 37.4 Å². The van der Waals surface area contributed by atoms with E-state index in [-0.39, 0.29) is 0 Å². The Kier molecular flexibility index (Phi) is 3.45. The highest BCUT2D eigenvalue weighted by Gasteiger charge is 2.15. The first kappa shape index (κ1) is 13.4. The molecule has 0 aliphatic heterocycles. The van der Waals surface area contributed by atoms with Crippen LogP contribution in [0.15, 0.2) is 41.1 Å². The first-order valence-corrected chi connectivity index (χ1v) is 6.44. The Balaban J connectivity index is 2.00. The Morgan fingerprint density at radius 1 is 1.24 bits per heavy atom. The maximum atomic E-state index is 5.80. The minimum Gasteiger partial charge on any atom is -0.496 e. The number of nitrogens with two attached hydrogens (primary N) is 1. The fourth-order valence-corrected chi connectivity index (χ4v) is 1.94. The van der Waals surface area contributed by atoms with E-state index in [0.717, 1.165) is 0 Å². The number of nitrogens with zero attached hydrogens (tertiary/aromatic N) is 3. The third-order valence-corrected chi connectivity index (χ3v) is 3.06. The number of aromatic nitrogens is 3. The number of halogens is 1. The molecule has 2 aromatic heterocycles. The Morgan fingerprint density at radius 2 is 2.10 bits per heavy atom. The van der Waals surface area contributed by atoms with Gasteiger partial charge in [-0.15, -0.1) is 0 Å². The number of pyridine rings is 1. The number of hydrogen-bond acceptors (Lipinski definition) is 6. The summed E-state index contributed by atoms with van der Waals surface area (Å²) in [7, 11) is 1.55. The molecule has 106 valence electrons. The number of ether oxygens (including phenoxy) is 1. The highest BCUT2D eigenvalue weighted by atomic mass is 35.5. The topological polar surface area (TPSA) is 87.1 Å². The van der Waals surface area contributed by atoms with Gasteiger partial charge in [0.2, 0.25) is 5.82 Å². The van der Waals surface area contributed by atoms with Gasteiger partial charge in [-0.25, -0.2) is 0 Å². The van der Waals surface area contributed by atoms with Gasteiger partial charge >= 0.3 is 0 Å². The maximum Gasteiger partial charge on any atom is 0.262 e. The fraction of sp³-hybridized carbons (Fsp3) is 0.0714. The zero-order chi connectivity index (χ0) is 14.8. The normalized spacial score (nSPS) is 10.6. The van der Waals surface area contributed by atoms with Crippen LogP contribution < -0.4 is 10.5 Å². The predicted molar refractivity (Wildman–Crippen MR) is 78.9 cm³/mol. The Morgan fingerprint density at radius 3 is 2.81 bits per heavy atom. The lowest BCUT2D eigenvalue weighted by Crippen LogP contribution is -1.91. The molecule has 0 aliphatic carbocycles. The molecule has 2 N–H and O–H groups in total. The summed E-state index contributed by atoms with van der Waals surface area (Å²) in [5, 5.41) is 4.46. The van der Waals surface area contributed by atoms with E-state index in [4.69, 9.17) is 26.6 Å². The molecular weight excluding hydrogens is 292 g/mol. The van der Waals surface area contributed by atoms with Crippen molar-refractivity contribution in [3.8, 4) is 28.7 Å². The second-order valence-electron chi connectivity index (χ2n) is 4.24. The van der Waals surface area contributed by atoms with Gasteiger partial charge < -0.3 is 15.0 Å². The van der Waals surface area contributed by atoms with Crippen LogP contribution in [0.1, 0.15) is 0 Å². The Hall–Kier alpha value is -2.60. The van der Waals surface area contributed by atoms with Crippen LogP contribution in [0, 0.1) is 0 Å². The van der Waals surface area contributed by atoms with Crippen LogP contribution in [0.25, 0.3) is 23.0 Å². The van der Waals surface area contributed by atoms with E-state index < -0.39 is 0 Å². The molecule has 0 amide bonds. The molecule has 0 atom stereocenters. The lowest BCUT2D eigenvalue weighted by atomic mass is 10.2. The Bertz CT molecular complexity index is 771. The molecule has 0 saturated carbocycles. The van der Waals surface area contributed by atoms with Crippen LogP contribution >= 0.6 is 11.6 Å². The second kappa shape index (κ2) is 5.41. The SMILES string of the molecule is COc1cc(N)ccc1-c1nc(-c2ccc(Cl)cn2)no1. The van der Waals surface area contributed by atoms with E-state index in [1.165, 1.54) is 6.20 Å². The maximum absolute atomic E-state index is 5.80. The average Bonchev–Trinajstić information content (AvgIpc) is 2.97. The number of methoxy groups -OCH3 is 1. The van der Waals surface area contributed by atoms with Crippen molar-refractivity contribution in [1.82, 2.24) is 15.1 Å². The first-order chi connectivity index (χ1) is 10.2. The molecule has 3 aromatic rings. The zero-order valence-corrected chi connectivity index (χ0v) is 11.8. The molecule has 0 fully saturated rings. The number of rotatable bonds is 3. The van der Waals surface area contributed by atoms with Gasteiger partial charge in [0.25, 0.3) is 5.89 Å². The van der Waals surface area contributed by atoms with Crippen molar-refractivity contribution in [1.29, 1.82) is 0 Å². The summed E-state index contributed by atoms with van der Waals surface area (Å²) in [4.78, 5) is 8.46. The summed E-state index contributed by atoms with van der Waals surface area (Å²) in [6, 6.07) is 8.63. The van der Waals surface area contributed by atoms with E-state index >= 15 is 0 Å². The lowest BCUT2D eigenvalue weighted by Gasteiger charge is -2.05. The molecule has 21 heavy (non-hydrogen) atoms. The third kappa shape index (κ3) is 2.66. The first-order valence-electron chi connectivity index (χ1n) is 6.07. The largest absolute Gasteiger partial charge is 0.496 e. The monoisotopic (exact) mass is 302 g/mol. The molecule has 0 spiro atoms. The smallest absolute Gasteiger partial charge is 0.262 e. The van der Waals surface area contributed by atoms with Gasteiger partial charge in [0.05, 0.1) is 17.7 Å². The summed E-state index contributed by atoms with van der Waals surface area (Å²) in [5.74, 6) is 1.27. The van der Waals surface area contributed by atoms with E-state index in [1.807, 2.05) is 0 Å². The van der Waals surface area contributed by atoms with Gasteiger partial charge in [0, 0.05) is 18.0 Å². The zero-order valence-electron chi connectivity index (χ0n) is 11.1. The molecule has 7 heteroatoms. The highest BCUT2D eigenvalue weighted by molar-refractivity contribution is 6.30. The number of anilines is 1. The molecule has 0 aliphatic rings. The summed E-state index contributed by atoms with van der Waals surface area (Å²) < 4.78 is 10.5. The van der Waals surface area contributed by atoms with Crippen molar-refractivity contribution in [3.63, 3.8) is 0 Å². The van der Waals surface area contributed by atoms with Crippen molar-refractivity contribution < 1.29 is 9.26 Å². The minimum absolute atomic E-state index is 0.332. The molecule has 0 radical (unpaired) electrons. The number of benzene rings is 1. The van der Waals surface area contributed by atoms with E-state index in [2.05, 4.69) is 15.1 Å². The predicted octanol–water partition coefficient (Wildman–Crippen LogP) is 3.04. The van der Waals surface area contributed by atoms with Crippen LogP contribution in [0.2, 0.25) is 5.02 Å². The van der Waals surface area contributed by atoms with Crippen LogP contribution in [-0.4, -0.2) is 22.2 Å². The number of hydrogen-bond donors (Lipinski definition) is 1. The van der Waals surface area contributed by atoms with Crippen molar-refractivity contribution in [3.05, 3.63) is 41.6 Å². The van der Waals surface area contributed by atoms with E-state index in [0.29, 0.717) is 39.4 Å². The van der Waals surface area contributed by atoms with Gasteiger partial charge in [0.1, 0.15) is 11.4 Å². The van der Waals surface area contributed by atoms with Gasteiger partial charge in [0.15, 0.2) is 0 Å². The van der Waals surface area contributed by atoms with Crippen molar-refractivity contribution in [2.24, 2.45) is 0 Å². The molecule has 2 heterocycles. The number of nitrogen functional groups attached to an aromatic ring is 1. The molecule has 0 unspecified atom stereocenters. The van der Waals surface area contributed by atoms with Crippen molar-refractivity contribution in [2.75, 3.05) is 12.8 Å². The standard InChI is InChI=1S/C14H11ClN4O2/c1-20-12-6-9(16)3-4-10(12)14-18-13(19-21-14)11-5-2-8(15)7-17-11/h2-7H,16H2,1H3. The van der Waals surface area contributed by atoms with Gasteiger partial charge in [-0.05, 0) is 24.3 Å². The van der Waals surface area contributed by atoms with Crippen LogP contribution in [0.4, 0.5) is 5.69 Å². The summed E-state index contributed by atoms with van der Waals surface area (Å²) in [6.45, 7) is 0. The summed E-state index contributed by atoms with van der Waals surface area (Å²) in [6.07, 6.45) is 1.52. The molecule has 0 saturated heterocycles. The van der Waals surface area contributed by atoms with Gasteiger partial charge in [-0.3, -0.25) is 4.98 Å². The van der Waals surface area contributed by atoms with Crippen molar-refractivity contribution in [2.45, 2.75) is 0 Å². The van der Waals surface area contributed by atoms with Crippen molar-refractivity contribution >= 4 is 17.3 Å². The third-order valence-electron chi connectivity index (χ3n) is 2.84. The van der Waals surface area contributed by atoms with Crippen LogP contribution in [-0.2, 0) is 0 Å². The lowest BCUT2D eigenvalue weighted by molar-refractivity contribution is 0.405. The summed E-state index contributed by atoms with van der Waals surface area (Å²) in [5.41, 5.74) is 7.55. The molecule has 3 rings (SSSR count). The minimum atomic E-state index is 0.332. The van der Waals surface area contributed by atoms with E-state index in [9.17, 15) is 0 Å². The quantitative estimate of drug-likeness (QED) is 0.748. The highest BCUT2D eigenvalue weighted by Crippen LogP contribution is 2.31. The molecule has 1 aromatic carbocycles. The second-order valence-corrected chi connectivity index (χ2v) is 4.68.